The SMILES string of the molecule is CCOC(=O)CCc1cn(C(=O)OC(C)(C)C)c2ccc(C(=O)NCCCNC(=O)OCc3ccccc3)cc12. The predicted octanol–water partition coefficient (Wildman–Crippen LogP) is 4.97. The summed E-state index contributed by atoms with van der Waals surface area (Å²) in [4.78, 5) is 49.5. The number of amides is 2. The molecule has 2 aromatic carbocycles. The monoisotopic (exact) mass is 551 g/mol. The van der Waals surface area contributed by atoms with Crippen molar-refractivity contribution < 1.29 is 33.4 Å². The summed E-state index contributed by atoms with van der Waals surface area (Å²) in [5.74, 6) is -0.637. The lowest BCUT2D eigenvalue weighted by Crippen LogP contribution is -2.30. The van der Waals surface area contributed by atoms with Gasteiger partial charge in [0.15, 0.2) is 0 Å². The summed E-state index contributed by atoms with van der Waals surface area (Å²) in [6.45, 7) is 8.23. The fourth-order valence-electron chi connectivity index (χ4n) is 3.93. The number of hydrogen-bond donors (Lipinski definition) is 2. The third-order valence-corrected chi connectivity index (χ3v) is 5.76. The van der Waals surface area contributed by atoms with E-state index in [1.54, 1.807) is 52.1 Å². The van der Waals surface area contributed by atoms with Crippen LogP contribution in [-0.2, 0) is 32.0 Å². The fraction of sp³-hybridized carbons (Fsp3) is 0.400. The van der Waals surface area contributed by atoms with Crippen LogP contribution in [0.5, 0.6) is 0 Å². The lowest BCUT2D eigenvalue weighted by molar-refractivity contribution is -0.143. The Labute approximate surface area is 234 Å². The van der Waals surface area contributed by atoms with Crippen molar-refractivity contribution in [1.29, 1.82) is 0 Å². The maximum Gasteiger partial charge on any atom is 0.419 e. The molecule has 10 heteroatoms. The van der Waals surface area contributed by atoms with Crippen LogP contribution in [-0.4, -0.2) is 53.9 Å². The van der Waals surface area contributed by atoms with E-state index in [4.69, 9.17) is 14.2 Å². The van der Waals surface area contributed by atoms with E-state index >= 15 is 0 Å². The molecular weight excluding hydrogens is 514 g/mol. The number of carbonyl (C=O) groups excluding carboxylic acids is 4. The van der Waals surface area contributed by atoms with Gasteiger partial charge in [0.25, 0.3) is 5.91 Å². The first kappa shape index (κ1) is 30.2. The number of benzene rings is 2. The highest BCUT2D eigenvalue weighted by Gasteiger charge is 2.22. The highest BCUT2D eigenvalue weighted by atomic mass is 16.6. The van der Waals surface area contributed by atoms with Crippen molar-refractivity contribution in [3.63, 3.8) is 0 Å². The third kappa shape index (κ3) is 9.14. The number of rotatable bonds is 11. The van der Waals surface area contributed by atoms with Crippen LogP contribution in [0.4, 0.5) is 9.59 Å². The summed E-state index contributed by atoms with van der Waals surface area (Å²) in [5, 5.41) is 6.17. The number of carbonyl (C=O) groups is 4. The van der Waals surface area contributed by atoms with Crippen molar-refractivity contribution in [2.75, 3.05) is 19.7 Å². The Morgan fingerprint density at radius 2 is 1.65 bits per heavy atom. The van der Waals surface area contributed by atoms with Crippen molar-refractivity contribution in [2.45, 2.75) is 59.2 Å². The minimum atomic E-state index is -0.688. The number of ether oxygens (including phenoxy) is 3. The zero-order valence-electron chi connectivity index (χ0n) is 23.5. The largest absolute Gasteiger partial charge is 0.466 e. The van der Waals surface area contributed by atoms with Gasteiger partial charge in [0.2, 0.25) is 0 Å². The molecule has 0 aliphatic heterocycles. The quantitative estimate of drug-likeness (QED) is 0.196. The summed E-state index contributed by atoms with van der Waals surface area (Å²) in [5.41, 5.74) is 1.91. The van der Waals surface area contributed by atoms with E-state index < -0.39 is 17.8 Å². The van der Waals surface area contributed by atoms with Crippen LogP contribution in [0.3, 0.4) is 0 Å². The van der Waals surface area contributed by atoms with Crippen molar-refractivity contribution in [3.05, 3.63) is 71.4 Å². The predicted molar refractivity (Wildman–Crippen MR) is 150 cm³/mol. The van der Waals surface area contributed by atoms with Crippen molar-refractivity contribution >= 4 is 35.0 Å². The second-order valence-electron chi connectivity index (χ2n) is 10.1. The van der Waals surface area contributed by atoms with Gasteiger partial charge in [0, 0.05) is 36.7 Å². The highest BCUT2D eigenvalue weighted by Crippen LogP contribution is 2.26. The van der Waals surface area contributed by atoms with E-state index in [9.17, 15) is 19.2 Å². The van der Waals surface area contributed by atoms with E-state index in [0.29, 0.717) is 42.4 Å². The van der Waals surface area contributed by atoms with E-state index in [2.05, 4.69) is 10.6 Å². The molecule has 0 spiro atoms. The molecule has 0 fully saturated rings. The molecule has 0 unspecified atom stereocenters. The maximum atomic E-state index is 12.8. The van der Waals surface area contributed by atoms with Gasteiger partial charge >= 0.3 is 18.2 Å². The summed E-state index contributed by atoms with van der Waals surface area (Å²) >= 11 is 0. The smallest absolute Gasteiger partial charge is 0.419 e. The van der Waals surface area contributed by atoms with Crippen LogP contribution in [0, 0.1) is 0 Å². The molecular formula is C30H37N3O7. The second-order valence-corrected chi connectivity index (χ2v) is 10.1. The third-order valence-electron chi connectivity index (χ3n) is 5.76. The molecule has 0 aliphatic rings. The van der Waals surface area contributed by atoms with Gasteiger partial charge < -0.3 is 24.8 Å². The Balaban J connectivity index is 1.60. The van der Waals surface area contributed by atoms with Crippen LogP contribution < -0.4 is 10.6 Å². The minimum absolute atomic E-state index is 0.137. The zero-order chi connectivity index (χ0) is 29.1. The van der Waals surface area contributed by atoms with E-state index in [-0.39, 0.29) is 31.5 Å². The topological polar surface area (TPSA) is 125 Å². The van der Waals surface area contributed by atoms with Gasteiger partial charge in [0.05, 0.1) is 12.1 Å². The van der Waals surface area contributed by atoms with E-state index in [1.165, 1.54) is 4.57 Å². The second kappa shape index (κ2) is 14.2. The first-order valence-electron chi connectivity index (χ1n) is 13.3. The number of aryl methyl sites for hydroxylation is 1. The lowest BCUT2D eigenvalue weighted by atomic mass is 10.1. The van der Waals surface area contributed by atoms with Crippen LogP contribution in [0.2, 0.25) is 0 Å². The van der Waals surface area contributed by atoms with Gasteiger partial charge in [-0.2, -0.15) is 0 Å². The van der Waals surface area contributed by atoms with Crippen LogP contribution >= 0.6 is 0 Å². The molecule has 2 N–H and O–H groups in total. The molecule has 0 saturated heterocycles. The Kier molecular flexibility index (Phi) is 10.7. The first-order valence-corrected chi connectivity index (χ1v) is 13.3. The average molecular weight is 552 g/mol. The molecule has 0 aliphatic carbocycles. The molecule has 0 saturated carbocycles. The molecule has 0 atom stereocenters. The molecule has 214 valence electrons. The molecule has 3 rings (SSSR count). The average Bonchev–Trinajstić information content (AvgIpc) is 3.28. The summed E-state index contributed by atoms with van der Waals surface area (Å²) in [6.07, 6.45) is 1.55. The summed E-state index contributed by atoms with van der Waals surface area (Å²) in [7, 11) is 0. The Morgan fingerprint density at radius 3 is 2.35 bits per heavy atom. The van der Waals surface area contributed by atoms with Gasteiger partial charge in [0.1, 0.15) is 12.2 Å². The number of fused-ring (bicyclic) bond motifs is 1. The van der Waals surface area contributed by atoms with E-state index in [0.717, 1.165) is 11.1 Å². The van der Waals surface area contributed by atoms with Gasteiger partial charge in [-0.1, -0.05) is 30.3 Å². The van der Waals surface area contributed by atoms with E-state index in [1.807, 2.05) is 30.3 Å². The Hall–Kier alpha value is -4.34. The van der Waals surface area contributed by atoms with Crippen LogP contribution in [0.25, 0.3) is 10.9 Å². The summed E-state index contributed by atoms with van der Waals surface area (Å²) < 4.78 is 17.1. The van der Waals surface area contributed by atoms with Crippen LogP contribution in [0.1, 0.15) is 62.0 Å². The number of hydrogen-bond acceptors (Lipinski definition) is 7. The standard InChI is InChI=1S/C30H37N3O7/c1-5-38-26(34)15-13-23-19-33(29(37)40-30(2,3)4)25-14-12-22(18-24(23)25)27(35)31-16-9-17-32-28(36)39-20-21-10-7-6-8-11-21/h6-8,10-12,14,18-19H,5,9,13,15-17,20H2,1-4H3,(H,31,35)(H,32,36). The highest BCUT2D eigenvalue weighted by molar-refractivity contribution is 6.00. The molecule has 1 heterocycles. The number of esters is 1. The maximum absolute atomic E-state index is 12.8. The zero-order valence-corrected chi connectivity index (χ0v) is 23.5. The molecule has 0 bridgehead atoms. The number of nitrogens with one attached hydrogen (secondary N) is 2. The van der Waals surface area contributed by atoms with Gasteiger partial charge in [-0.15, -0.1) is 0 Å². The molecule has 2 amide bonds. The summed E-state index contributed by atoms with van der Waals surface area (Å²) in [6, 6.07) is 14.4. The fourth-order valence-corrected chi connectivity index (χ4v) is 3.93. The van der Waals surface area contributed by atoms with Gasteiger partial charge in [-0.3, -0.25) is 14.2 Å². The van der Waals surface area contributed by atoms with Crippen molar-refractivity contribution in [2.24, 2.45) is 0 Å². The Bertz CT molecular complexity index is 1330. The van der Waals surface area contributed by atoms with Gasteiger partial charge in [-0.05, 0) is 69.9 Å². The molecule has 3 aromatic rings. The molecule has 10 nitrogen and oxygen atoms in total. The minimum Gasteiger partial charge on any atom is -0.466 e. The van der Waals surface area contributed by atoms with Gasteiger partial charge in [-0.25, -0.2) is 9.59 Å². The molecule has 1 aromatic heterocycles. The lowest BCUT2D eigenvalue weighted by Gasteiger charge is -2.19. The number of alkyl carbamates (subject to hydrolysis) is 1. The van der Waals surface area contributed by atoms with Crippen molar-refractivity contribution in [1.82, 2.24) is 15.2 Å². The number of nitrogens with zero attached hydrogens (tertiary/aromatic N) is 1. The number of aromatic nitrogens is 1. The van der Waals surface area contributed by atoms with Crippen LogP contribution in [0.15, 0.2) is 54.7 Å². The Morgan fingerprint density at radius 1 is 0.925 bits per heavy atom. The molecule has 0 radical (unpaired) electrons. The first-order chi connectivity index (χ1) is 19.1. The normalized spacial score (nSPS) is 11.1. The molecule has 40 heavy (non-hydrogen) atoms. The van der Waals surface area contributed by atoms with Crippen molar-refractivity contribution in [3.8, 4) is 0 Å².